The van der Waals surface area contributed by atoms with Gasteiger partial charge in [0.05, 0.1) is 11.8 Å². The number of nitrogens with zero attached hydrogens (tertiary/aromatic N) is 2. The van der Waals surface area contributed by atoms with E-state index in [9.17, 15) is 4.79 Å². The normalized spacial score (nSPS) is 27.8. The maximum atomic E-state index is 12.7. The van der Waals surface area contributed by atoms with E-state index in [0.29, 0.717) is 6.04 Å². The second kappa shape index (κ2) is 7.02. The van der Waals surface area contributed by atoms with Gasteiger partial charge in [0.25, 0.3) is 0 Å². The molecule has 1 aromatic carbocycles. The van der Waals surface area contributed by atoms with Crippen molar-refractivity contribution in [2.45, 2.75) is 25.4 Å². The largest absolute Gasteiger partial charge is 0.332 e. The summed E-state index contributed by atoms with van der Waals surface area (Å²) in [6.07, 6.45) is 0.897. The lowest BCUT2D eigenvalue weighted by molar-refractivity contribution is -0.136. The predicted octanol–water partition coefficient (Wildman–Crippen LogP) is 1.93. The number of hydrogen-bond acceptors (Lipinski definition) is 4. The second-order valence-electron chi connectivity index (χ2n) is 6.28. The van der Waals surface area contributed by atoms with Crippen molar-refractivity contribution < 1.29 is 4.79 Å². The van der Waals surface area contributed by atoms with E-state index in [4.69, 9.17) is 5.73 Å². The highest BCUT2D eigenvalue weighted by Crippen LogP contribution is 2.28. The summed E-state index contributed by atoms with van der Waals surface area (Å²) in [5.74, 6) is 2.08. The fourth-order valence-corrected chi connectivity index (χ4v) is 4.33. The smallest absolute Gasteiger partial charge is 0.229 e. The molecule has 120 valence electrons. The van der Waals surface area contributed by atoms with E-state index in [1.54, 1.807) is 0 Å². The maximum absolute atomic E-state index is 12.7. The van der Waals surface area contributed by atoms with Crippen LogP contribution in [-0.4, -0.2) is 53.0 Å². The molecule has 2 saturated heterocycles. The van der Waals surface area contributed by atoms with Crippen molar-refractivity contribution in [3.63, 3.8) is 0 Å². The molecule has 2 fully saturated rings. The van der Waals surface area contributed by atoms with Crippen molar-refractivity contribution in [2.75, 3.05) is 31.3 Å². The minimum Gasteiger partial charge on any atom is -0.332 e. The van der Waals surface area contributed by atoms with Crippen LogP contribution in [0, 0.1) is 5.92 Å². The highest BCUT2D eigenvalue weighted by molar-refractivity contribution is 7.99. The van der Waals surface area contributed by atoms with E-state index in [1.165, 1.54) is 5.56 Å². The average Bonchev–Trinajstić information content (AvgIpc) is 3.09. The molecule has 22 heavy (non-hydrogen) atoms. The Morgan fingerprint density at radius 3 is 2.77 bits per heavy atom. The molecule has 1 unspecified atom stereocenters. The number of rotatable bonds is 3. The third kappa shape index (κ3) is 3.31. The number of carbonyl (C=O) groups is 1. The van der Waals surface area contributed by atoms with Gasteiger partial charge in [0.1, 0.15) is 0 Å². The number of amides is 1. The van der Waals surface area contributed by atoms with Gasteiger partial charge in [0.15, 0.2) is 0 Å². The number of hydrogen-bond donors (Lipinski definition) is 1. The quantitative estimate of drug-likeness (QED) is 0.925. The van der Waals surface area contributed by atoms with Gasteiger partial charge in [-0.05, 0) is 18.9 Å². The number of carbonyl (C=O) groups excluding carboxylic acids is 1. The van der Waals surface area contributed by atoms with Crippen molar-refractivity contribution in [1.82, 2.24) is 9.80 Å². The van der Waals surface area contributed by atoms with E-state index < -0.39 is 0 Å². The number of nitrogens with two attached hydrogens (primary N) is 1. The van der Waals surface area contributed by atoms with Crippen LogP contribution < -0.4 is 5.73 Å². The Kier molecular flexibility index (Phi) is 5.06. The van der Waals surface area contributed by atoms with Gasteiger partial charge in [-0.3, -0.25) is 9.69 Å². The van der Waals surface area contributed by atoms with Crippen LogP contribution in [0.2, 0.25) is 0 Å². The second-order valence-corrected chi connectivity index (χ2v) is 7.35. The van der Waals surface area contributed by atoms with E-state index >= 15 is 0 Å². The Labute approximate surface area is 137 Å². The first-order valence-corrected chi connectivity index (χ1v) is 9.23. The van der Waals surface area contributed by atoms with Gasteiger partial charge in [-0.25, -0.2) is 0 Å². The zero-order valence-electron chi connectivity index (χ0n) is 13.1. The van der Waals surface area contributed by atoms with Crippen LogP contribution in [-0.2, 0) is 4.79 Å². The Morgan fingerprint density at radius 1 is 1.32 bits per heavy atom. The first-order chi connectivity index (χ1) is 10.7. The molecule has 0 radical (unpaired) electrons. The summed E-state index contributed by atoms with van der Waals surface area (Å²) in [4.78, 5) is 17.1. The zero-order chi connectivity index (χ0) is 15.5. The minimum absolute atomic E-state index is 0.00248. The summed E-state index contributed by atoms with van der Waals surface area (Å²) in [5.41, 5.74) is 7.57. The topological polar surface area (TPSA) is 49.6 Å². The van der Waals surface area contributed by atoms with E-state index in [1.807, 2.05) is 22.7 Å². The van der Waals surface area contributed by atoms with Crippen molar-refractivity contribution in [3.8, 4) is 0 Å². The molecule has 3 atom stereocenters. The zero-order valence-corrected chi connectivity index (χ0v) is 14.0. The lowest BCUT2D eigenvalue weighted by Gasteiger charge is -2.40. The van der Waals surface area contributed by atoms with Crippen LogP contribution in [0.5, 0.6) is 0 Å². The summed E-state index contributed by atoms with van der Waals surface area (Å²) in [5, 5.41) is 0. The number of piperidine rings is 1. The summed E-state index contributed by atoms with van der Waals surface area (Å²) >= 11 is 1.83. The highest BCUT2D eigenvalue weighted by atomic mass is 32.2. The van der Waals surface area contributed by atoms with Gasteiger partial charge in [0, 0.05) is 37.5 Å². The minimum atomic E-state index is -0.0568. The Morgan fingerprint density at radius 2 is 2.09 bits per heavy atom. The van der Waals surface area contributed by atoms with Crippen LogP contribution in [0.1, 0.15) is 24.9 Å². The van der Waals surface area contributed by atoms with Gasteiger partial charge >= 0.3 is 0 Å². The van der Waals surface area contributed by atoms with Crippen LogP contribution in [0.3, 0.4) is 0 Å². The van der Waals surface area contributed by atoms with Gasteiger partial charge in [-0.15, -0.1) is 11.8 Å². The van der Waals surface area contributed by atoms with Crippen molar-refractivity contribution in [3.05, 3.63) is 35.9 Å². The highest BCUT2D eigenvalue weighted by Gasteiger charge is 2.37. The van der Waals surface area contributed by atoms with E-state index in [2.05, 4.69) is 36.1 Å². The molecule has 0 bridgehead atoms. The number of likely N-dealkylation sites (tertiary alicyclic amines) is 1. The Bertz CT molecular complexity index is 504. The lowest BCUT2D eigenvalue weighted by Crippen LogP contribution is -2.53. The Balaban J connectivity index is 1.69. The van der Waals surface area contributed by atoms with Crippen molar-refractivity contribution in [2.24, 2.45) is 11.7 Å². The molecule has 2 aliphatic heterocycles. The summed E-state index contributed by atoms with van der Waals surface area (Å²) in [7, 11) is 0. The SMILES string of the molecule is CC(c1ccccc1)N1CC[C@H](N)[C@H](C(=O)N2CCSC2)C1. The predicted molar refractivity (Wildman–Crippen MR) is 91.6 cm³/mol. The fraction of sp³-hybridized carbons (Fsp3) is 0.588. The summed E-state index contributed by atoms with van der Waals surface area (Å²) in [6, 6.07) is 10.8. The lowest BCUT2D eigenvalue weighted by atomic mass is 9.90. The fourth-order valence-electron chi connectivity index (χ4n) is 3.37. The molecule has 2 aliphatic rings. The molecule has 3 rings (SSSR count). The van der Waals surface area contributed by atoms with Crippen molar-refractivity contribution in [1.29, 1.82) is 0 Å². The first kappa shape index (κ1) is 15.8. The maximum Gasteiger partial charge on any atom is 0.229 e. The van der Waals surface area contributed by atoms with Gasteiger partial charge in [0.2, 0.25) is 5.91 Å². The van der Waals surface area contributed by atoms with Crippen LogP contribution >= 0.6 is 11.8 Å². The number of thioether (sulfide) groups is 1. The molecular weight excluding hydrogens is 294 g/mol. The molecule has 0 spiro atoms. The average molecular weight is 319 g/mol. The van der Waals surface area contributed by atoms with Gasteiger partial charge < -0.3 is 10.6 Å². The molecule has 1 amide bonds. The summed E-state index contributed by atoms with van der Waals surface area (Å²) in [6.45, 7) is 4.84. The van der Waals surface area contributed by atoms with Crippen LogP contribution in [0.25, 0.3) is 0 Å². The first-order valence-electron chi connectivity index (χ1n) is 8.08. The molecule has 0 aromatic heterocycles. The van der Waals surface area contributed by atoms with Crippen LogP contribution in [0.15, 0.2) is 30.3 Å². The Hall–Kier alpha value is -1.04. The van der Waals surface area contributed by atoms with E-state index in [-0.39, 0.29) is 17.9 Å². The van der Waals surface area contributed by atoms with Crippen LogP contribution in [0.4, 0.5) is 0 Å². The van der Waals surface area contributed by atoms with Gasteiger partial charge in [-0.1, -0.05) is 30.3 Å². The molecular formula is C17H25N3OS. The molecule has 0 saturated carbocycles. The molecule has 0 aliphatic carbocycles. The van der Waals surface area contributed by atoms with E-state index in [0.717, 1.165) is 37.7 Å². The number of benzene rings is 1. The molecule has 2 N–H and O–H groups in total. The standard InChI is InChI=1S/C17H25N3OS/c1-13(14-5-3-2-4-6-14)19-8-7-16(18)15(11-19)17(21)20-9-10-22-12-20/h2-6,13,15-16H,7-12,18H2,1H3/t13?,15-,16+/m1/s1. The molecule has 5 heteroatoms. The molecule has 1 aromatic rings. The molecule has 4 nitrogen and oxygen atoms in total. The summed E-state index contributed by atoms with van der Waals surface area (Å²) < 4.78 is 0. The van der Waals surface area contributed by atoms with Gasteiger partial charge in [-0.2, -0.15) is 0 Å². The van der Waals surface area contributed by atoms with Crippen molar-refractivity contribution >= 4 is 17.7 Å². The monoisotopic (exact) mass is 319 g/mol. The third-order valence-electron chi connectivity index (χ3n) is 4.91. The third-order valence-corrected chi connectivity index (χ3v) is 5.87. The molecule has 2 heterocycles.